The first-order valence-corrected chi connectivity index (χ1v) is 15.3. The summed E-state index contributed by atoms with van der Waals surface area (Å²) in [6.45, 7) is 3.25. The lowest BCUT2D eigenvalue weighted by molar-refractivity contribution is -0.142. The molecule has 0 radical (unpaired) electrons. The first kappa shape index (κ1) is 29.3. The summed E-state index contributed by atoms with van der Waals surface area (Å²) in [5.41, 5.74) is 1.58. The molecule has 3 amide bonds. The number of benzene rings is 2. The third kappa shape index (κ3) is 6.27. The largest absolute Gasteiger partial charge is 0.344 e. The molecule has 2 aliphatic heterocycles. The van der Waals surface area contributed by atoms with Gasteiger partial charge in [-0.05, 0) is 50.7 Å². The maximum absolute atomic E-state index is 14.1. The van der Waals surface area contributed by atoms with Crippen LogP contribution in [0.5, 0.6) is 0 Å². The second-order valence-electron chi connectivity index (χ2n) is 11.6. The molecule has 4 heterocycles. The molecule has 1 saturated heterocycles. The Kier molecular flexibility index (Phi) is 8.53. The maximum Gasteiger partial charge on any atom is 0.254 e. The van der Waals surface area contributed by atoms with Crippen molar-refractivity contribution in [3.63, 3.8) is 0 Å². The van der Waals surface area contributed by atoms with Gasteiger partial charge >= 0.3 is 0 Å². The Balaban J connectivity index is 1.37. The molecule has 6 rings (SSSR count). The number of amides is 3. The van der Waals surface area contributed by atoms with Gasteiger partial charge in [-0.3, -0.25) is 19.2 Å². The van der Waals surface area contributed by atoms with Gasteiger partial charge in [0.05, 0.1) is 18.2 Å². The first-order chi connectivity index (χ1) is 21.4. The Hall–Kier alpha value is -4.80. The van der Waals surface area contributed by atoms with Crippen LogP contribution in [0.4, 0.5) is 0 Å². The third-order valence-corrected chi connectivity index (χ3v) is 8.51. The summed E-state index contributed by atoms with van der Waals surface area (Å²) in [7, 11) is 0. The van der Waals surface area contributed by atoms with Crippen molar-refractivity contribution in [2.45, 2.75) is 64.1 Å². The molecule has 2 aromatic carbocycles. The second-order valence-corrected chi connectivity index (χ2v) is 11.6. The number of para-hydroxylation sites is 1. The van der Waals surface area contributed by atoms with Crippen LogP contribution in [0.25, 0.3) is 10.9 Å². The number of aryl methyl sites for hydroxylation is 1. The normalized spacial score (nSPS) is 20.0. The number of rotatable bonds is 3. The molecule has 0 bridgehead atoms. The van der Waals surface area contributed by atoms with Crippen LogP contribution >= 0.6 is 0 Å². The van der Waals surface area contributed by atoms with E-state index < -0.39 is 12.1 Å². The fraction of sp³-hybridized carbons (Fsp3) is 0.394. The number of fused-ring (bicyclic) bond motifs is 3. The van der Waals surface area contributed by atoms with Crippen LogP contribution in [0.15, 0.2) is 65.5 Å². The standard InChI is InChI=1S/C33H37N7O4/c1-22-34-31-27(20-23-10-3-2-4-11-23)36-32(43)28-14-7-8-17-39(28)30(42)15-9-16-38(18-19-40(31)37-22)33(44)25-21-29(41)35-26-13-6-5-12-24(25)26/h2-6,10-13,21,27-28H,7-9,14-20H2,1H3,(H,35,41)(H,36,43)/t27-,28+/m1/s1. The SMILES string of the molecule is Cc1nc2n(n1)CCN(C(=O)c1cc(=O)[nH]c3ccccc13)CCCC(=O)N1CCCC[C@H]1C(=O)N[C@@H]2Cc1ccccc1. The van der Waals surface area contributed by atoms with Crippen LogP contribution in [0.1, 0.15) is 65.7 Å². The molecule has 2 aromatic heterocycles. The molecule has 44 heavy (non-hydrogen) atoms. The van der Waals surface area contributed by atoms with Gasteiger partial charge in [0.15, 0.2) is 0 Å². The molecule has 0 spiro atoms. The summed E-state index contributed by atoms with van der Waals surface area (Å²) >= 11 is 0. The number of hydrogen-bond donors (Lipinski definition) is 2. The smallest absolute Gasteiger partial charge is 0.254 e. The van der Waals surface area contributed by atoms with E-state index in [0.29, 0.717) is 67.0 Å². The lowest BCUT2D eigenvalue weighted by Crippen LogP contribution is -2.53. The van der Waals surface area contributed by atoms with E-state index in [1.165, 1.54) is 6.07 Å². The highest BCUT2D eigenvalue weighted by Crippen LogP contribution is 2.24. The third-order valence-electron chi connectivity index (χ3n) is 8.51. The fourth-order valence-electron chi connectivity index (χ4n) is 6.37. The number of nitrogens with one attached hydrogen (secondary N) is 2. The molecule has 228 valence electrons. The zero-order chi connectivity index (χ0) is 30.6. The van der Waals surface area contributed by atoms with E-state index in [0.717, 1.165) is 18.4 Å². The van der Waals surface area contributed by atoms with E-state index in [1.54, 1.807) is 20.5 Å². The van der Waals surface area contributed by atoms with Crippen molar-refractivity contribution in [2.75, 3.05) is 19.6 Å². The number of hydrogen-bond acceptors (Lipinski definition) is 6. The zero-order valence-electron chi connectivity index (χ0n) is 24.9. The minimum Gasteiger partial charge on any atom is -0.344 e. The number of H-pyrrole nitrogens is 1. The van der Waals surface area contributed by atoms with Gasteiger partial charge in [0.25, 0.3) is 5.91 Å². The molecule has 0 saturated carbocycles. The predicted octanol–water partition coefficient (Wildman–Crippen LogP) is 3.15. The van der Waals surface area contributed by atoms with Crippen molar-refractivity contribution >= 4 is 28.6 Å². The summed E-state index contributed by atoms with van der Waals surface area (Å²) in [5, 5.41) is 8.54. The number of aromatic amines is 1. The van der Waals surface area contributed by atoms with Gasteiger partial charge in [0, 0.05) is 43.0 Å². The van der Waals surface area contributed by atoms with E-state index >= 15 is 0 Å². The topological polar surface area (TPSA) is 133 Å². The van der Waals surface area contributed by atoms with E-state index in [4.69, 9.17) is 4.98 Å². The summed E-state index contributed by atoms with van der Waals surface area (Å²) in [4.78, 5) is 64.7. The van der Waals surface area contributed by atoms with E-state index in [1.807, 2.05) is 55.5 Å². The molecule has 4 aromatic rings. The van der Waals surface area contributed by atoms with Crippen LogP contribution in [0.3, 0.4) is 0 Å². The highest BCUT2D eigenvalue weighted by molar-refractivity contribution is 6.06. The Morgan fingerprint density at radius 3 is 2.57 bits per heavy atom. The Morgan fingerprint density at radius 2 is 1.73 bits per heavy atom. The summed E-state index contributed by atoms with van der Waals surface area (Å²) in [6.07, 6.45) is 3.44. The highest BCUT2D eigenvalue weighted by atomic mass is 16.2. The van der Waals surface area contributed by atoms with E-state index in [-0.39, 0.29) is 36.2 Å². The zero-order valence-corrected chi connectivity index (χ0v) is 24.9. The van der Waals surface area contributed by atoms with Crippen LogP contribution in [-0.2, 0) is 22.6 Å². The Bertz CT molecular complexity index is 1730. The number of carbonyl (C=O) groups is 3. The summed E-state index contributed by atoms with van der Waals surface area (Å²) in [6, 6.07) is 17.4. The first-order valence-electron chi connectivity index (χ1n) is 15.3. The molecule has 11 heteroatoms. The summed E-state index contributed by atoms with van der Waals surface area (Å²) in [5.74, 6) is 0.606. The lowest BCUT2D eigenvalue weighted by atomic mass is 9.99. The van der Waals surface area contributed by atoms with Crippen molar-refractivity contribution in [2.24, 2.45) is 0 Å². The molecule has 2 atom stereocenters. The van der Waals surface area contributed by atoms with Crippen molar-refractivity contribution in [3.05, 3.63) is 93.8 Å². The van der Waals surface area contributed by atoms with Gasteiger partial charge in [0.2, 0.25) is 17.4 Å². The monoisotopic (exact) mass is 595 g/mol. The van der Waals surface area contributed by atoms with Crippen molar-refractivity contribution < 1.29 is 14.4 Å². The molecular weight excluding hydrogens is 558 g/mol. The van der Waals surface area contributed by atoms with Crippen LogP contribution in [-0.4, -0.2) is 72.9 Å². The van der Waals surface area contributed by atoms with Gasteiger partial charge in [-0.15, -0.1) is 0 Å². The van der Waals surface area contributed by atoms with Gasteiger partial charge < -0.3 is 20.1 Å². The number of nitrogens with zero attached hydrogens (tertiary/aromatic N) is 5. The average Bonchev–Trinajstić information content (AvgIpc) is 3.41. The van der Waals surface area contributed by atoms with Gasteiger partial charge in [0.1, 0.15) is 17.7 Å². The van der Waals surface area contributed by atoms with E-state index in [9.17, 15) is 19.2 Å². The molecule has 0 aliphatic carbocycles. The van der Waals surface area contributed by atoms with Crippen molar-refractivity contribution in [1.82, 2.24) is 34.9 Å². The Labute approximate surface area is 255 Å². The quantitative estimate of drug-likeness (QED) is 0.374. The van der Waals surface area contributed by atoms with Gasteiger partial charge in [-0.2, -0.15) is 5.10 Å². The number of aromatic nitrogens is 4. The molecule has 1 fully saturated rings. The highest BCUT2D eigenvalue weighted by Gasteiger charge is 2.34. The molecular formula is C33H37N7O4. The minimum atomic E-state index is -0.560. The molecule has 11 nitrogen and oxygen atoms in total. The van der Waals surface area contributed by atoms with Gasteiger partial charge in [-0.25, -0.2) is 9.67 Å². The maximum atomic E-state index is 14.1. The molecule has 0 unspecified atom stereocenters. The number of pyridine rings is 1. The lowest BCUT2D eigenvalue weighted by Gasteiger charge is -2.36. The Morgan fingerprint density at radius 1 is 0.932 bits per heavy atom. The number of piperidine rings is 1. The fourth-order valence-corrected chi connectivity index (χ4v) is 6.37. The van der Waals surface area contributed by atoms with Crippen LogP contribution in [0, 0.1) is 6.92 Å². The molecule has 2 aliphatic rings. The van der Waals surface area contributed by atoms with Crippen molar-refractivity contribution in [1.29, 1.82) is 0 Å². The van der Waals surface area contributed by atoms with Crippen LogP contribution in [0.2, 0.25) is 0 Å². The predicted molar refractivity (Wildman–Crippen MR) is 165 cm³/mol. The van der Waals surface area contributed by atoms with Crippen molar-refractivity contribution in [3.8, 4) is 0 Å². The molecule has 2 N–H and O–H groups in total. The van der Waals surface area contributed by atoms with E-state index in [2.05, 4.69) is 15.4 Å². The second kappa shape index (κ2) is 12.8. The summed E-state index contributed by atoms with van der Waals surface area (Å²) < 4.78 is 1.77. The number of carbonyl (C=O) groups excluding carboxylic acids is 3. The van der Waals surface area contributed by atoms with Crippen LogP contribution < -0.4 is 10.9 Å². The average molecular weight is 596 g/mol. The minimum absolute atomic E-state index is 0.0884. The van der Waals surface area contributed by atoms with Gasteiger partial charge in [-0.1, -0.05) is 48.5 Å².